The standard InChI is InChI=1S/C12H17NO2/c1-3-12(14)15-9-10-5-7-11(8-6-10)13-4-2/h5-8,13H,3-4,9H2,1-2H3. The molecule has 0 bridgehead atoms. The molecule has 0 heterocycles. The van der Waals surface area contributed by atoms with Crippen LogP contribution in [0.25, 0.3) is 0 Å². The smallest absolute Gasteiger partial charge is 0.305 e. The lowest BCUT2D eigenvalue weighted by Crippen LogP contribution is -2.02. The quantitative estimate of drug-likeness (QED) is 0.754. The molecule has 0 saturated heterocycles. The number of hydrogen-bond donors (Lipinski definition) is 1. The molecule has 0 radical (unpaired) electrons. The fourth-order valence-electron chi connectivity index (χ4n) is 1.19. The first-order valence-corrected chi connectivity index (χ1v) is 5.24. The monoisotopic (exact) mass is 207 g/mol. The predicted octanol–water partition coefficient (Wildman–Crippen LogP) is 2.57. The topological polar surface area (TPSA) is 38.3 Å². The number of carbonyl (C=O) groups excluding carboxylic acids is 1. The van der Waals surface area contributed by atoms with Crippen molar-refractivity contribution >= 4 is 11.7 Å². The van der Waals surface area contributed by atoms with Gasteiger partial charge in [0, 0.05) is 18.7 Å². The van der Waals surface area contributed by atoms with Crippen LogP contribution in [-0.4, -0.2) is 12.5 Å². The molecule has 0 atom stereocenters. The lowest BCUT2D eigenvalue weighted by molar-refractivity contribution is -0.144. The second kappa shape index (κ2) is 6.06. The van der Waals surface area contributed by atoms with Gasteiger partial charge in [-0.15, -0.1) is 0 Å². The Balaban J connectivity index is 2.45. The van der Waals surface area contributed by atoms with Crippen LogP contribution in [0.2, 0.25) is 0 Å². The minimum Gasteiger partial charge on any atom is -0.461 e. The number of anilines is 1. The molecule has 0 aromatic heterocycles. The molecule has 15 heavy (non-hydrogen) atoms. The van der Waals surface area contributed by atoms with Gasteiger partial charge in [0.25, 0.3) is 0 Å². The van der Waals surface area contributed by atoms with E-state index in [0.717, 1.165) is 17.8 Å². The van der Waals surface area contributed by atoms with Crippen molar-refractivity contribution in [3.05, 3.63) is 29.8 Å². The van der Waals surface area contributed by atoms with Crippen LogP contribution in [0.4, 0.5) is 5.69 Å². The van der Waals surface area contributed by atoms with Crippen molar-refractivity contribution in [3.8, 4) is 0 Å². The van der Waals surface area contributed by atoms with E-state index >= 15 is 0 Å². The summed E-state index contributed by atoms with van der Waals surface area (Å²) in [7, 11) is 0. The van der Waals surface area contributed by atoms with Crippen LogP contribution in [0.3, 0.4) is 0 Å². The van der Waals surface area contributed by atoms with Crippen LogP contribution in [0.1, 0.15) is 25.8 Å². The zero-order valence-electron chi connectivity index (χ0n) is 9.25. The average Bonchev–Trinajstić information content (AvgIpc) is 2.28. The predicted molar refractivity (Wildman–Crippen MR) is 60.7 cm³/mol. The molecular formula is C12H17NO2. The molecule has 0 fully saturated rings. The van der Waals surface area contributed by atoms with E-state index in [4.69, 9.17) is 4.74 Å². The molecule has 3 heteroatoms. The molecule has 82 valence electrons. The highest BCUT2D eigenvalue weighted by atomic mass is 16.5. The summed E-state index contributed by atoms with van der Waals surface area (Å²) in [6.45, 7) is 5.11. The molecule has 3 nitrogen and oxygen atoms in total. The highest BCUT2D eigenvalue weighted by Crippen LogP contribution is 2.10. The Labute approximate surface area is 90.4 Å². The molecule has 0 aliphatic carbocycles. The summed E-state index contributed by atoms with van der Waals surface area (Å²) >= 11 is 0. The molecule has 0 spiro atoms. The third-order valence-corrected chi connectivity index (χ3v) is 2.02. The number of carbonyl (C=O) groups is 1. The average molecular weight is 207 g/mol. The van der Waals surface area contributed by atoms with Gasteiger partial charge in [-0.2, -0.15) is 0 Å². The Morgan fingerprint density at radius 1 is 1.27 bits per heavy atom. The van der Waals surface area contributed by atoms with E-state index < -0.39 is 0 Å². The maximum Gasteiger partial charge on any atom is 0.305 e. The van der Waals surface area contributed by atoms with Crippen molar-refractivity contribution in [2.45, 2.75) is 26.9 Å². The third kappa shape index (κ3) is 4.02. The molecule has 1 N–H and O–H groups in total. The van der Waals surface area contributed by atoms with Gasteiger partial charge in [-0.3, -0.25) is 4.79 Å². The Morgan fingerprint density at radius 2 is 1.93 bits per heavy atom. The summed E-state index contributed by atoms with van der Waals surface area (Å²) in [4.78, 5) is 10.9. The lowest BCUT2D eigenvalue weighted by Gasteiger charge is -2.05. The SMILES string of the molecule is CCNc1ccc(COC(=O)CC)cc1. The van der Waals surface area contributed by atoms with Gasteiger partial charge in [-0.05, 0) is 24.6 Å². The van der Waals surface area contributed by atoms with Crippen LogP contribution in [0, 0.1) is 0 Å². The molecule has 1 rings (SSSR count). The fraction of sp³-hybridized carbons (Fsp3) is 0.417. The van der Waals surface area contributed by atoms with Gasteiger partial charge in [0.05, 0.1) is 0 Å². The highest BCUT2D eigenvalue weighted by Gasteiger charge is 1.99. The van der Waals surface area contributed by atoms with Crippen molar-refractivity contribution < 1.29 is 9.53 Å². The van der Waals surface area contributed by atoms with E-state index in [-0.39, 0.29) is 5.97 Å². The molecule has 0 amide bonds. The van der Waals surface area contributed by atoms with Crippen LogP contribution in [0.15, 0.2) is 24.3 Å². The lowest BCUT2D eigenvalue weighted by atomic mass is 10.2. The van der Waals surface area contributed by atoms with Crippen LogP contribution in [0.5, 0.6) is 0 Å². The van der Waals surface area contributed by atoms with Gasteiger partial charge in [-0.25, -0.2) is 0 Å². The largest absolute Gasteiger partial charge is 0.461 e. The van der Waals surface area contributed by atoms with Gasteiger partial charge >= 0.3 is 5.97 Å². The maximum absolute atomic E-state index is 10.9. The highest BCUT2D eigenvalue weighted by molar-refractivity contribution is 5.68. The van der Waals surface area contributed by atoms with Gasteiger partial charge in [0.1, 0.15) is 6.61 Å². The van der Waals surface area contributed by atoms with E-state index in [9.17, 15) is 4.79 Å². The van der Waals surface area contributed by atoms with Crippen molar-refractivity contribution in [2.75, 3.05) is 11.9 Å². The Kier molecular flexibility index (Phi) is 4.68. The Bertz CT molecular complexity index is 306. The van der Waals surface area contributed by atoms with E-state index in [1.165, 1.54) is 0 Å². The summed E-state index contributed by atoms with van der Waals surface area (Å²) in [6.07, 6.45) is 0.426. The number of esters is 1. The zero-order valence-corrected chi connectivity index (χ0v) is 9.25. The van der Waals surface area contributed by atoms with E-state index in [1.807, 2.05) is 24.3 Å². The van der Waals surface area contributed by atoms with Crippen molar-refractivity contribution in [1.29, 1.82) is 0 Å². The number of hydrogen-bond acceptors (Lipinski definition) is 3. The minimum absolute atomic E-state index is 0.161. The zero-order chi connectivity index (χ0) is 11.1. The molecule has 0 aliphatic rings. The number of ether oxygens (including phenoxy) is 1. The number of nitrogens with one attached hydrogen (secondary N) is 1. The molecule has 0 unspecified atom stereocenters. The fourth-order valence-corrected chi connectivity index (χ4v) is 1.19. The first-order valence-electron chi connectivity index (χ1n) is 5.24. The van der Waals surface area contributed by atoms with E-state index in [1.54, 1.807) is 6.92 Å². The maximum atomic E-state index is 10.9. The van der Waals surface area contributed by atoms with Crippen LogP contribution < -0.4 is 5.32 Å². The second-order valence-electron chi connectivity index (χ2n) is 3.24. The number of benzene rings is 1. The van der Waals surface area contributed by atoms with Crippen molar-refractivity contribution in [1.82, 2.24) is 0 Å². The molecule has 0 aliphatic heterocycles. The normalized spacial score (nSPS) is 9.73. The second-order valence-corrected chi connectivity index (χ2v) is 3.24. The van der Waals surface area contributed by atoms with E-state index in [2.05, 4.69) is 12.2 Å². The summed E-state index contributed by atoms with van der Waals surface area (Å²) in [5.74, 6) is -0.161. The van der Waals surface area contributed by atoms with Gasteiger partial charge in [0.2, 0.25) is 0 Å². The molecule has 1 aromatic rings. The summed E-state index contributed by atoms with van der Waals surface area (Å²) in [5.41, 5.74) is 2.10. The first kappa shape index (κ1) is 11.6. The van der Waals surface area contributed by atoms with E-state index in [0.29, 0.717) is 13.0 Å². The van der Waals surface area contributed by atoms with Gasteiger partial charge in [0.15, 0.2) is 0 Å². The Morgan fingerprint density at radius 3 is 2.47 bits per heavy atom. The van der Waals surface area contributed by atoms with Crippen molar-refractivity contribution in [3.63, 3.8) is 0 Å². The summed E-state index contributed by atoms with van der Waals surface area (Å²) in [6, 6.07) is 7.89. The summed E-state index contributed by atoms with van der Waals surface area (Å²) in [5, 5.41) is 3.20. The molecule has 0 saturated carbocycles. The minimum atomic E-state index is -0.161. The molecule has 1 aromatic carbocycles. The van der Waals surface area contributed by atoms with Gasteiger partial charge in [-0.1, -0.05) is 19.1 Å². The number of rotatable bonds is 5. The Hall–Kier alpha value is -1.51. The first-order chi connectivity index (χ1) is 7.26. The third-order valence-electron chi connectivity index (χ3n) is 2.02. The summed E-state index contributed by atoms with van der Waals surface area (Å²) < 4.78 is 5.02. The van der Waals surface area contributed by atoms with Gasteiger partial charge < -0.3 is 10.1 Å². The molecular weight excluding hydrogens is 190 g/mol. The van der Waals surface area contributed by atoms with Crippen molar-refractivity contribution in [2.24, 2.45) is 0 Å². The van der Waals surface area contributed by atoms with Crippen LogP contribution in [-0.2, 0) is 16.1 Å². The van der Waals surface area contributed by atoms with Crippen LogP contribution >= 0.6 is 0 Å².